The largest absolute Gasteiger partial charge is 0.497 e. The van der Waals surface area contributed by atoms with E-state index in [0.717, 1.165) is 17.0 Å². The fourth-order valence-corrected chi connectivity index (χ4v) is 3.06. The lowest BCUT2D eigenvalue weighted by atomic mass is 9.77. The van der Waals surface area contributed by atoms with Gasteiger partial charge in [0.2, 0.25) is 0 Å². The number of aromatic nitrogens is 2. The Morgan fingerprint density at radius 3 is 2.17 bits per heavy atom. The molecule has 0 aliphatic carbocycles. The van der Waals surface area contributed by atoms with Crippen LogP contribution in [0.25, 0.3) is 11.1 Å². The second kappa shape index (κ2) is 5.43. The fraction of sp³-hybridized carbons (Fsp3) is 0.500. The molecule has 1 aliphatic rings. The molecule has 1 fully saturated rings. The highest BCUT2D eigenvalue weighted by Crippen LogP contribution is 2.37. The van der Waals surface area contributed by atoms with Gasteiger partial charge in [-0.15, -0.1) is 0 Å². The molecule has 1 aromatic carbocycles. The maximum absolute atomic E-state index is 15.3. The van der Waals surface area contributed by atoms with Gasteiger partial charge in [-0.25, -0.2) is 4.39 Å². The lowest BCUT2D eigenvalue weighted by molar-refractivity contribution is 0.00578. The van der Waals surface area contributed by atoms with Crippen molar-refractivity contribution in [2.75, 3.05) is 0 Å². The molecule has 1 saturated heterocycles. The van der Waals surface area contributed by atoms with Gasteiger partial charge in [-0.3, -0.25) is 4.68 Å². The highest BCUT2D eigenvalue weighted by molar-refractivity contribution is 6.62. The molecule has 3 rings (SSSR count). The van der Waals surface area contributed by atoms with E-state index in [1.807, 2.05) is 54.7 Å². The quantitative estimate of drug-likeness (QED) is 0.794. The van der Waals surface area contributed by atoms with Crippen molar-refractivity contribution in [3.63, 3.8) is 0 Å². The summed E-state index contributed by atoms with van der Waals surface area (Å²) in [5.41, 5.74) is 2.52. The molecule has 2 heterocycles. The first-order valence-corrected chi connectivity index (χ1v) is 8.20. The molecule has 0 N–H and O–H groups in total. The van der Waals surface area contributed by atoms with Gasteiger partial charge in [0.15, 0.2) is 0 Å². The van der Waals surface area contributed by atoms with Crippen molar-refractivity contribution in [2.24, 2.45) is 7.05 Å². The lowest BCUT2D eigenvalue weighted by Gasteiger charge is -2.32. The molecule has 6 heteroatoms. The van der Waals surface area contributed by atoms with Gasteiger partial charge in [-0.1, -0.05) is 18.2 Å². The number of aryl methyl sites for hydroxylation is 2. The minimum absolute atomic E-state index is 0.310. The summed E-state index contributed by atoms with van der Waals surface area (Å²) < 4.78 is 29.1. The molecule has 1 aliphatic heterocycles. The van der Waals surface area contributed by atoms with Crippen LogP contribution < -0.4 is 5.46 Å². The highest BCUT2D eigenvalue weighted by atomic mass is 19.1. The zero-order chi connectivity index (χ0) is 17.9. The van der Waals surface area contributed by atoms with Crippen LogP contribution in [0.1, 0.15) is 39.1 Å². The molecule has 0 unspecified atom stereocenters. The number of hydrogen-bond donors (Lipinski definition) is 0. The van der Waals surface area contributed by atoms with E-state index in [0.29, 0.717) is 11.0 Å². The monoisotopic (exact) mass is 330 g/mol. The molecule has 0 bridgehead atoms. The van der Waals surface area contributed by atoms with Crippen molar-refractivity contribution in [3.8, 4) is 11.1 Å². The standard InChI is InChI=1S/C18H24BFN2O2/c1-11-15(12(2)22(7)21-11)13-9-8-10-14(16(13)20)19-23-17(3,4)18(5,6)24-19/h8-10H,1-7H3. The third-order valence-electron chi connectivity index (χ3n) is 5.31. The summed E-state index contributed by atoms with van der Waals surface area (Å²) in [4.78, 5) is 0. The van der Waals surface area contributed by atoms with E-state index in [1.54, 1.807) is 16.8 Å². The van der Waals surface area contributed by atoms with Crippen molar-refractivity contribution in [3.05, 3.63) is 35.4 Å². The van der Waals surface area contributed by atoms with E-state index in [2.05, 4.69) is 5.10 Å². The minimum atomic E-state index is -0.716. The molecule has 0 radical (unpaired) electrons. The van der Waals surface area contributed by atoms with Gasteiger partial charge in [-0.05, 0) is 41.5 Å². The van der Waals surface area contributed by atoms with E-state index in [-0.39, 0.29) is 5.82 Å². The van der Waals surface area contributed by atoms with Crippen LogP contribution in [0, 0.1) is 19.7 Å². The Morgan fingerprint density at radius 2 is 1.67 bits per heavy atom. The smallest absolute Gasteiger partial charge is 0.399 e. The second-order valence-electron chi connectivity index (χ2n) is 7.47. The van der Waals surface area contributed by atoms with Crippen molar-refractivity contribution in [2.45, 2.75) is 52.7 Å². The predicted octanol–water partition coefficient (Wildman–Crippen LogP) is 3.14. The first-order valence-electron chi connectivity index (χ1n) is 8.20. The molecular formula is C18H24BFN2O2. The summed E-state index contributed by atoms with van der Waals surface area (Å²) >= 11 is 0. The third kappa shape index (κ3) is 2.49. The minimum Gasteiger partial charge on any atom is -0.399 e. The zero-order valence-corrected chi connectivity index (χ0v) is 15.4. The lowest BCUT2D eigenvalue weighted by Crippen LogP contribution is -2.41. The van der Waals surface area contributed by atoms with E-state index in [4.69, 9.17) is 9.31 Å². The van der Waals surface area contributed by atoms with Crippen LogP contribution in [0.2, 0.25) is 0 Å². The maximum atomic E-state index is 15.3. The molecule has 2 aromatic rings. The first kappa shape index (κ1) is 17.2. The molecule has 0 amide bonds. The van der Waals surface area contributed by atoms with Gasteiger partial charge in [0.1, 0.15) is 5.82 Å². The van der Waals surface area contributed by atoms with Gasteiger partial charge in [-0.2, -0.15) is 5.10 Å². The van der Waals surface area contributed by atoms with Gasteiger partial charge in [0.05, 0.1) is 16.9 Å². The van der Waals surface area contributed by atoms with Gasteiger partial charge in [0.25, 0.3) is 0 Å². The molecule has 1 aromatic heterocycles. The van der Waals surface area contributed by atoms with E-state index in [9.17, 15) is 0 Å². The van der Waals surface area contributed by atoms with Crippen LogP contribution in [0.4, 0.5) is 4.39 Å². The Bertz CT molecular complexity index is 783. The second-order valence-corrected chi connectivity index (χ2v) is 7.47. The summed E-state index contributed by atoms with van der Waals surface area (Å²) in [5, 5.41) is 4.39. The third-order valence-corrected chi connectivity index (χ3v) is 5.31. The Morgan fingerprint density at radius 1 is 1.08 bits per heavy atom. The Labute approximate surface area is 143 Å². The van der Waals surface area contributed by atoms with E-state index >= 15 is 4.39 Å². The number of halogens is 1. The van der Waals surface area contributed by atoms with Crippen molar-refractivity contribution < 1.29 is 13.7 Å². The average Bonchev–Trinajstić information content (AvgIpc) is 2.83. The molecule has 0 spiro atoms. The van der Waals surface area contributed by atoms with E-state index < -0.39 is 18.3 Å². The van der Waals surface area contributed by atoms with Crippen LogP contribution in [0.15, 0.2) is 18.2 Å². The van der Waals surface area contributed by atoms with E-state index in [1.165, 1.54) is 0 Å². The molecule has 0 atom stereocenters. The SMILES string of the molecule is Cc1nn(C)c(C)c1-c1cccc(B2OC(C)(C)C(C)(C)O2)c1F. The predicted molar refractivity (Wildman–Crippen MR) is 93.8 cm³/mol. The average molecular weight is 330 g/mol. The van der Waals surface area contributed by atoms with Crippen molar-refractivity contribution in [1.82, 2.24) is 9.78 Å². The summed E-state index contributed by atoms with van der Waals surface area (Å²) in [7, 11) is 1.15. The number of hydrogen-bond acceptors (Lipinski definition) is 3. The molecule has 4 nitrogen and oxygen atoms in total. The number of nitrogens with zero attached hydrogens (tertiary/aromatic N) is 2. The van der Waals surface area contributed by atoms with Crippen LogP contribution in [0.5, 0.6) is 0 Å². The number of rotatable bonds is 2. The van der Waals surface area contributed by atoms with Gasteiger partial charge >= 0.3 is 7.12 Å². The summed E-state index contributed by atoms with van der Waals surface area (Å²) in [6.07, 6.45) is 0. The van der Waals surface area contributed by atoms with Crippen LogP contribution in [-0.2, 0) is 16.4 Å². The summed E-state index contributed by atoms with van der Waals surface area (Å²) in [5.74, 6) is -0.310. The van der Waals surface area contributed by atoms with Crippen LogP contribution in [0.3, 0.4) is 0 Å². The van der Waals surface area contributed by atoms with Crippen molar-refractivity contribution >= 4 is 12.6 Å². The van der Waals surface area contributed by atoms with Gasteiger partial charge < -0.3 is 9.31 Å². The topological polar surface area (TPSA) is 36.3 Å². The number of benzene rings is 1. The van der Waals surface area contributed by atoms with Gasteiger partial charge in [0, 0.05) is 29.3 Å². The Balaban J connectivity index is 2.08. The van der Waals surface area contributed by atoms with Crippen LogP contribution in [-0.4, -0.2) is 28.1 Å². The van der Waals surface area contributed by atoms with Crippen molar-refractivity contribution in [1.29, 1.82) is 0 Å². The Hall–Kier alpha value is -1.66. The van der Waals surface area contributed by atoms with Crippen LogP contribution >= 0.6 is 0 Å². The highest BCUT2D eigenvalue weighted by Gasteiger charge is 2.52. The Kier molecular flexibility index (Phi) is 3.88. The fourth-order valence-electron chi connectivity index (χ4n) is 3.06. The molecule has 128 valence electrons. The first-order chi connectivity index (χ1) is 11.0. The summed E-state index contributed by atoms with van der Waals surface area (Å²) in [6, 6.07) is 5.34. The molecular weight excluding hydrogens is 306 g/mol. The zero-order valence-electron chi connectivity index (χ0n) is 15.4. The summed E-state index contributed by atoms with van der Waals surface area (Å²) in [6.45, 7) is 11.7. The normalized spacial score (nSPS) is 19.1. The maximum Gasteiger partial charge on any atom is 0.497 e. The molecule has 24 heavy (non-hydrogen) atoms. The molecule has 0 saturated carbocycles.